The molecule has 0 saturated heterocycles. The highest BCUT2D eigenvalue weighted by Crippen LogP contribution is 2.35. The Labute approximate surface area is 121 Å². The predicted octanol–water partition coefficient (Wildman–Crippen LogP) is 3.29. The quantitative estimate of drug-likeness (QED) is 0.389. The van der Waals surface area contributed by atoms with Crippen LogP contribution in [0, 0.1) is 29.4 Å². The van der Waals surface area contributed by atoms with E-state index in [-0.39, 0.29) is 17.3 Å². The molecule has 0 aromatic heterocycles. The van der Waals surface area contributed by atoms with Crippen LogP contribution in [0.1, 0.15) is 16.7 Å². The fraction of sp³-hybridized carbons (Fsp3) is 0.133. The largest absolute Gasteiger partial charge is 0.449 e. The molecule has 0 fully saturated rings. The summed E-state index contributed by atoms with van der Waals surface area (Å²) in [5, 5.41) is 18.7. The van der Waals surface area contributed by atoms with Gasteiger partial charge < -0.3 is 10.5 Å². The molecule has 2 rings (SSSR count). The van der Waals surface area contributed by atoms with E-state index in [1.54, 1.807) is 37.3 Å². The lowest BCUT2D eigenvalue weighted by molar-refractivity contribution is -0.385. The molecule has 0 amide bonds. The number of nitro groups is 1. The molecule has 6 heteroatoms. The van der Waals surface area contributed by atoms with Crippen LogP contribution in [0.5, 0.6) is 11.5 Å². The van der Waals surface area contributed by atoms with Crippen molar-refractivity contribution in [2.45, 2.75) is 13.8 Å². The lowest BCUT2D eigenvalue weighted by Gasteiger charge is -2.13. The predicted molar refractivity (Wildman–Crippen MR) is 80.1 cm³/mol. The van der Waals surface area contributed by atoms with Crippen molar-refractivity contribution in [3.05, 3.63) is 63.2 Å². The first kappa shape index (κ1) is 14.5. The van der Waals surface area contributed by atoms with E-state index in [0.717, 1.165) is 11.1 Å². The summed E-state index contributed by atoms with van der Waals surface area (Å²) in [7, 11) is 0. The van der Waals surface area contributed by atoms with Crippen LogP contribution in [0.3, 0.4) is 0 Å². The highest BCUT2D eigenvalue weighted by Gasteiger charge is 2.18. The first-order valence-electron chi connectivity index (χ1n) is 6.27. The molecule has 0 unspecified atom stereocenters. The molecule has 0 aliphatic carbocycles. The summed E-state index contributed by atoms with van der Waals surface area (Å²) in [4.78, 5) is 10.6. The minimum absolute atomic E-state index is 0.127. The van der Waals surface area contributed by atoms with Crippen LogP contribution in [0.2, 0.25) is 0 Å². The third kappa shape index (κ3) is 3.00. The van der Waals surface area contributed by atoms with Gasteiger partial charge in [0, 0.05) is 6.07 Å². The highest BCUT2D eigenvalue weighted by molar-refractivity contribution is 5.98. The van der Waals surface area contributed by atoms with Crippen LogP contribution < -0.4 is 10.5 Å². The molecule has 0 saturated carbocycles. The second-order valence-electron chi connectivity index (χ2n) is 4.70. The van der Waals surface area contributed by atoms with E-state index in [1.807, 2.05) is 6.92 Å². The van der Waals surface area contributed by atoms with Gasteiger partial charge in [0.1, 0.15) is 11.6 Å². The van der Waals surface area contributed by atoms with E-state index in [4.69, 9.17) is 15.9 Å². The molecule has 6 nitrogen and oxygen atoms in total. The van der Waals surface area contributed by atoms with Crippen molar-refractivity contribution in [1.82, 2.24) is 0 Å². The standard InChI is InChI=1S/C15H15N3O3/c1-9-6-7-12(18(19)20)13(8-9)21-14-10(2)4-3-5-11(14)15(16)17/h3-8H,1-2H3,(H3,16,17). The zero-order valence-electron chi connectivity index (χ0n) is 11.7. The normalized spacial score (nSPS) is 10.2. The minimum Gasteiger partial charge on any atom is -0.449 e. The fourth-order valence-corrected chi connectivity index (χ4v) is 1.96. The van der Waals surface area contributed by atoms with Crippen molar-refractivity contribution >= 4 is 11.5 Å². The molecule has 3 N–H and O–H groups in total. The Balaban J connectivity index is 2.55. The average molecular weight is 285 g/mol. The Morgan fingerprint density at radius 3 is 2.62 bits per heavy atom. The summed E-state index contributed by atoms with van der Waals surface area (Å²) in [5.41, 5.74) is 7.41. The smallest absolute Gasteiger partial charge is 0.311 e. The summed E-state index contributed by atoms with van der Waals surface area (Å²) < 4.78 is 5.71. The molecule has 0 radical (unpaired) electrons. The number of nitrogens with two attached hydrogens (primary N) is 1. The van der Waals surface area contributed by atoms with Crippen LogP contribution in [0.4, 0.5) is 5.69 Å². The Kier molecular flexibility index (Phi) is 3.89. The highest BCUT2D eigenvalue weighted by atomic mass is 16.6. The molecule has 0 heterocycles. The maximum atomic E-state index is 11.1. The summed E-state index contributed by atoms with van der Waals surface area (Å²) in [6, 6.07) is 9.83. The number of nitrogens with one attached hydrogen (secondary N) is 1. The van der Waals surface area contributed by atoms with Crippen molar-refractivity contribution in [3.63, 3.8) is 0 Å². The molecule has 0 bridgehead atoms. The molecule has 2 aromatic rings. The van der Waals surface area contributed by atoms with Gasteiger partial charge in [-0.25, -0.2) is 0 Å². The molecule has 108 valence electrons. The zero-order valence-corrected chi connectivity index (χ0v) is 11.7. The first-order valence-corrected chi connectivity index (χ1v) is 6.27. The van der Waals surface area contributed by atoms with E-state index >= 15 is 0 Å². The van der Waals surface area contributed by atoms with Gasteiger partial charge in [-0.3, -0.25) is 15.5 Å². The number of aryl methyl sites for hydroxylation is 2. The van der Waals surface area contributed by atoms with E-state index in [0.29, 0.717) is 11.3 Å². The molecule has 0 spiro atoms. The summed E-state index contributed by atoms with van der Waals surface area (Å²) in [5.74, 6) is 0.347. The molecule has 0 atom stereocenters. The number of benzene rings is 2. The minimum atomic E-state index is -0.500. The molecule has 0 aliphatic rings. The van der Waals surface area contributed by atoms with Gasteiger partial charge in [-0.1, -0.05) is 18.2 Å². The van der Waals surface area contributed by atoms with E-state index in [2.05, 4.69) is 0 Å². The number of amidine groups is 1. The van der Waals surface area contributed by atoms with Gasteiger partial charge in [0.25, 0.3) is 0 Å². The van der Waals surface area contributed by atoms with E-state index in [9.17, 15) is 10.1 Å². The monoisotopic (exact) mass is 285 g/mol. The van der Waals surface area contributed by atoms with Gasteiger partial charge in [-0.15, -0.1) is 0 Å². The fourth-order valence-electron chi connectivity index (χ4n) is 1.96. The van der Waals surface area contributed by atoms with Gasteiger partial charge in [0.2, 0.25) is 5.75 Å². The van der Waals surface area contributed by atoms with Gasteiger partial charge in [-0.05, 0) is 37.1 Å². The lowest BCUT2D eigenvalue weighted by atomic mass is 10.1. The number of nitrogens with zero attached hydrogens (tertiary/aromatic N) is 1. The molecule has 0 aliphatic heterocycles. The lowest BCUT2D eigenvalue weighted by Crippen LogP contribution is -2.13. The second-order valence-corrected chi connectivity index (χ2v) is 4.70. The zero-order chi connectivity index (χ0) is 15.6. The Morgan fingerprint density at radius 2 is 2.00 bits per heavy atom. The summed E-state index contributed by atoms with van der Waals surface area (Å²) in [6.07, 6.45) is 0. The number of hydrogen-bond acceptors (Lipinski definition) is 4. The van der Waals surface area contributed by atoms with Gasteiger partial charge in [0.05, 0.1) is 10.5 Å². The molecule has 2 aromatic carbocycles. The number of nitrogen functional groups attached to an aromatic ring is 1. The average Bonchev–Trinajstić information content (AvgIpc) is 2.40. The summed E-state index contributed by atoms with van der Waals surface area (Å²) >= 11 is 0. The van der Waals surface area contributed by atoms with Gasteiger partial charge in [0.15, 0.2) is 0 Å². The van der Waals surface area contributed by atoms with Crippen LogP contribution in [-0.2, 0) is 0 Å². The van der Waals surface area contributed by atoms with Crippen LogP contribution in [0.25, 0.3) is 0 Å². The Bertz CT molecular complexity index is 726. The third-order valence-corrected chi connectivity index (χ3v) is 3.03. The maximum absolute atomic E-state index is 11.1. The second kappa shape index (κ2) is 5.62. The number of ether oxygens (including phenoxy) is 1. The van der Waals surface area contributed by atoms with Crippen molar-refractivity contribution in [2.75, 3.05) is 0 Å². The Hall–Kier alpha value is -2.89. The topological polar surface area (TPSA) is 102 Å². The Morgan fingerprint density at radius 1 is 1.29 bits per heavy atom. The SMILES string of the molecule is Cc1ccc([N+](=O)[O-])c(Oc2c(C)cccc2C(=N)N)c1. The van der Waals surface area contributed by atoms with E-state index < -0.39 is 4.92 Å². The van der Waals surface area contributed by atoms with Crippen LogP contribution in [-0.4, -0.2) is 10.8 Å². The van der Waals surface area contributed by atoms with Crippen molar-refractivity contribution in [2.24, 2.45) is 5.73 Å². The number of hydrogen-bond donors (Lipinski definition) is 2. The maximum Gasteiger partial charge on any atom is 0.311 e. The van der Waals surface area contributed by atoms with Gasteiger partial charge in [-0.2, -0.15) is 0 Å². The molecule has 21 heavy (non-hydrogen) atoms. The third-order valence-electron chi connectivity index (χ3n) is 3.03. The van der Waals surface area contributed by atoms with Crippen molar-refractivity contribution < 1.29 is 9.66 Å². The van der Waals surface area contributed by atoms with E-state index in [1.165, 1.54) is 6.07 Å². The van der Waals surface area contributed by atoms with Crippen LogP contribution in [0.15, 0.2) is 36.4 Å². The first-order chi connectivity index (χ1) is 9.90. The van der Waals surface area contributed by atoms with Crippen molar-refractivity contribution in [1.29, 1.82) is 5.41 Å². The van der Waals surface area contributed by atoms with Gasteiger partial charge >= 0.3 is 5.69 Å². The number of nitro benzene ring substituents is 1. The summed E-state index contributed by atoms with van der Waals surface area (Å²) in [6.45, 7) is 3.61. The number of rotatable bonds is 4. The number of para-hydroxylation sites is 1. The van der Waals surface area contributed by atoms with Crippen molar-refractivity contribution in [3.8, 4) is 11.5 Å². The molecular weight excluding hydrogens is 270 g/mol. The molecular formula is C15H15N3O3. The van der Waals surface area contributed by atoms with Crippen LogP contribution >= 0.6 is 0 Å².